The number of aryl methyl sites for hydroxylation is 1. The first-order valence-electron chi connectivity index (χ1n) is 7.82. The zero-order chi connectivity index (χ0) is 16.7. The fourth-order valence-electron chi connectivity index (χ4n) is 2.33. The van der Waals surface area contributed by atoms with Crippen molar-refractivity contribution in [2.45, 2.75) is 19.3 Å². The summed E-state index contributed by atoms with van der Waals surface area (Å²) >= 11 is 5.83. The van der Waals surface area contributed by atoms with Gasteiger partial charge in [-0.15, -0.1) is 0 Å². The van der Waals surface area contributed by atoms with Crippen LogP contribution in [0, 0.1) is 0 Å². The van der Waals surface area contributed by atoms with E-state index in [9.17, 15) is 4.79 Å². The molecule has 23 heavy (non-hydrogen) atoms. The first-order valence-corrected chi connectivity index (χ1v) is 8.20. The van der Waals surface area contributed by atoms with Crippen LogP contribution in [-0.4, -0.2) is 26.5 Å². The van der Waals surface area contributed by atoms with Crippen molar-refractivity contribution in [3.63, 3.8) is 0 Å². The number of hydrogen-bond acceptors (Lipinski definition) is 2. The van der Waals surface area contributed by atoms with Crippen molar-refractivity contribution in [1.29, 1.82) is 0 Å². The van der Waals surface area contributed by atoms with Crippen molar-refractivity contribution in [1.82, 2.24) is 5.32 Å². The minimum Gasteiger partial charge on any atom is -0.378 e. The summed E-state index contributed by atoms with van der Waals surface area (Å²) in [5.74, 6) is 0.0512. The molecule has 0 aliphatic heterocycles. The Kier molecular flexibility index (Phi) is 6.48. The summed E-state index contributed by atoms with van der Waals surface area (Å²) in [4.78, 5) is 14.0. The standard InChI is InChI=1S/C19H23ClN2O/c1-22(2)18-11-7-15(8-12-18)4-3-13-21-19(23)14-16-5-9-17(20)10-6-16/h5-12H,3-4,13-14H2,1-2H3,(H,21,23). The number of hydrogen-bond donors (Lipinski definition) is 1. The predicted molar refractivity (Wildman–Crippen MR) is 97.3 cm³/mol. The maximum atomic E-state index is 11.9. The van der Waals surface area contributed by atoms with Crippen molar-refractivity contribution in [2.24, 2.45) is 0 Å². The van der Waals surface area contributed by atoms with Gasteiger partial charge in [-0.3, -0.25) is 4.79 Å². The van der Waals surface area contributed by atoms with E-state index in [2.05, 4.69) is 34.5 Å². The summed E-state index contributed by atoms with van der Waals surface area (Å²) in [5, 5.41) is 3.65. The van der Waals surface area contributed by atoms with Gasteiger partial charge in [0.1, 0.15) is 0 Å². The molecule has 0 atom stereocenters. The molecular weight excluding hydrogens is 308 g/mol. The summed E-state index contributed by atoms with van der Waals surface area (Å²) in [6.07, 6.45) is 2.30. The smallest absolute Gasteiger partial charge is 0.224 e. The van der Waals surface area contributed by atoms with Crippen LogP contribution in [0.25, 0.3) is 0 Å². The molecule has 0 spiro atoms. The van der Waals surface area contributed by atoms with Gasteiger partial charge >= 0.3 is 0 Å². The molecule has 0 saturated heterocycles. The average Bonchev–Trinajstić information content (AvgIpc) is 2.54. The van der Waals surface area contributed by atoms with Gasteiger partial charge in [-0.05, 0) is 48.2 Å². The van der Waals surface area contributed by atoms with Crippen molar-refractivity contribution in [3.05, 3.63) is 64.7 Å². The number of nitrogens with one attached hydrogen (secondary N) is 1. The molecule has 0 fully saturated rings. The molecule has 1 N–H and O–H groups in total. The first kappa shape index (κ1) is 17.4. The van der Waals surface area contributed by atoms with Gasteiger partial charge in [-0.2, -0.15) is 0 Å². The summed E-state index contributed by atoms with van der Waals surface area (Å²) in [6, 6.07) is 15.9. The molecule has 0 unspecified atom stereocenters. The monoisotopic (exact) mass is 330 g/mol. The van der Waals surface area contributed by atoms with Crippen molar-refractivity contribution in [3.8, 4) is 0 Å². The zero-order valence-corrected chi connectivity index (χ0v) is 14.4. The normalized spacial score (nSPS) is 10.4. The Morgan fingerprint density at radius 3 is 2.22 bits per heavy atom. The first-order chi connectivity index (χ1) is 11.0. The van der Waals surface area contributed by atoms with Gasteiger partial charge in [0, 0.05) is 31.4 Å². The lowest BCUT2D eigenvalue weighted by atomic mass is 10.1. The SMILES string of the molecule is CN(C)c1ccc(CCCNC(=O)Cc2ccc(Cl)cc2)cc1. The van der Waals surface area contributed by atoms with Crippen LogP contribution in [0.2, 0.25) is 5.02 Å². The molecule has 0 aliphatic rings. The van der Waals surface area contributed by atoms with Crippen LogP contribution >= 0.6 is 11.6 Å². The van der Waals surface area contributed by atoms with Crippen LogP contribution in [0.15, 0.2) is 48.5 Å². The maximum absolute atomic E-state index is 11.9. The Morgan fingerprint density at radius 2 is 1.61 bits per heavy atom. The second-order valence-electron chi connectivity index (χ2n) is 5.82. The van der Waals surface area contributed by atoms with Gasteiger partial charge in [0.2, 0.25) is 5.91 Å². The zero-order valence-electron chi connectivity index (χ0n) is 13.7. The lowest BCUT2D eigenvalue weighted by molar-refractivity contribution is -0.120. The minimum atomic E-state index is 0.0512. The molecule has 0 heterocycles. The molecule has 2 aromatic rings. The Morgan fingerprint density at radius 1 is 1.00 bits per heavy atom. The van der Waals surface area contributed by atoms with Crippen molar-refractivity contribution >= 4 is 23.2 Å². The Balaban J connectivity index is 1.68. The van der Waals surface area contributed by atoms with E-state index in [-0.39, 0.29) is 5.91 Å². The second-order valence-corrected chi connectivity index (χ2v) is 6.25. The highest BCUT2D eigenvalue weighted by Gasteiger charge is 2.03. The van der Waals surface area contributed by atoms with E-state index in [1.54, 1.807) is 0 Å². The molecule has 2 aromatic carbocycles. The fourth-order valence-corrected chi connectivity index (χ4v) is 2.46. The molecule has 1 amide bonds. The van der Waals surface area contributed by atoms with Crippen molar-refractivity contribution < 1.29 is 4.79 Å². The molecule has 122 valence electrons. The second kappa shape index (κ2) is 8.59. The minimum absolute atomic E-state index is 0.0512. The molecule has 0 radical (unpaired) electrons. The van der Waals surface area contributed by atoms with Crippen LogP contribution in [0.3, 0.4) is 0 Å². The van der Waals surface area contributed by atoms with Gasteiger partial charge in [0.15, 0.2) is 0 Å². The van der Waals surface area contributed by atoms with E-state index in [1.165, 1.54) is 11.3 Å². The topological polar surface area (TPSA) is 32.3 Å². The van der Waals surface area contributed by atoms with Gasteiger partial charge in [-0.1, -0.05) is 35.9 Å². The number of amides is 1. The number of rotatable bonds is 7. The highest BCUT2D eigenvalue weighted by atomic mass is 35.5. The van der Waals surface area contributed by atoms with E-state index in [0.29, 0.717) is 18.0 Å². The van der Waals surface area contributed by atoms with Gasteiger partial charge in [0.05, 0.1) is 6.42 Å². The molecular formula is C19H23ClN2O. The van der Waals surface area contributed by atoms with E-state index in [0.717, 1.165) is 18.4 Å². The predicted octanol–water partition coefficient (Wildman–Crippen LogP) is 3.70. The molecule has 0 bridgehead atoms. The number of carbonyl (C=O) groups is 1. The Bertz CT molecular complexity index is 621. The van der Waals surface area contributed by atoms with E-state index < -0.39 is 0 Å². The Hall–Kier alpha value is -2.00. The molecule has 3 nitrogen and oxygen atoms in total. The summed E-state index contributed by atoms with van der Waals surface area (Å²) in [6.45, 7) is 0.696. The van der Waals surface area contributed by atoms with Crippen LogP contribution in [0.1, 0.15) is 17.5 Å². The van der Waals surface area contributed by atoms with E-state index in [4.69, 9.17) is 11.6 Å². The van der Waals surface area contributed by atoms with Crippen LogP contribution in [0.5, 0.6) is 0 Å². The molecule has 0 aliphatic carbocycles. The number of halogens is 1. The van der Waals surface area contributed by atoms with Gasteiger partial charge < -0.3 is 10.2 Å². The quantitative estimate of drug-likeness (QED) is 0.785. The molecule has 0 aromatic heterocycles. The van der Waals surface area contributed by atoms with Crippen LogP contribution < -0.4 is 10.2 Å². The van der Waals surface area contributed by atoms with Gasteiger partial charge in [-0.25, -0.2) is 0 Å². The Labute approximate surface area is 143 Å². The molecule has 2 rings (SSSR count). The lowest BCUT2D eigenvalue weighted by Crippen LogP contribution is -2.26. The van der Waals surface area contributed by atoms with E-state index >= 15 is 0 Å². The highest BCUT2D eigenvalue weighted by Crippen LogP contribution is 2.13. The third-order valence-corrected chi connectivity index (χ3v) is 3.95. The molecule has 0 saturated carbocycles. The highest BCUT2D eigenvalue weighted by molar-refractivity contribution is 6.30. The average molecular weight is 331 g/mol. The lowest BCUT2D eigenvalue weighted by Gasteiger charge is -2.12. The summed E-state index contributed by atoms with van der Waals surface area (Å²) in [7, 11) is 4.07. The number of nitrogens with zero attached hydrogens (tertiary/aromatic N) is 1. The van der Waals surface area contributed by atoms with E-state index in [1.807, 2.05) is 38.4 Å². The third-order valence-electron chi connectivity index (χ3n) is 3.70. The third kappa shape index (κ3) is 5.95. The van der Waals surface area contributed by atoms with Crippen LogP contribution in [0.4, 0.5) is 5.69 Å². The number of benzene rings is 2. The number of anilines is 1. The van der Waals surface area contributed by atoms with Crippen LogP contribution in [-0.2, 0) is 17.6 Å². The largest absolute Gasteiger partial charge is 0.378 e. The maximum Gasteiger partial charge on any atom is 0.224 e. The summed E-state index contributed by atoms with van der Waals surface area (Å²) in [5.41, 5.74) is 3.47. The van der Waals surface area contributed by atoms with Crippen molar-refractivity contribution in [2.75, 3.05) is 25.5 Å². The summed E-state index contributed by atoms with van der Waals surface area (Å²) < 4.78 is 0. The molecule has 4 heteroatoms. The number of carbonyl (C=O) groups excluding carboxylic acids is 1. The van der Waals surface area contributed by atoms with Gasteiger partial charge in [0.25, 0.3) is 0 Å². The fraction of sp³-hybridized carbons (Fsp3) is 0.316.